The van der Waals surface area contributed by atoms with Gasteiger partial charge in [0.05, 0.1) is 0 Å². The number of carbonyl (C=O) groups is 1. The van der Waals surface area contributed by atoms with E-state index in [0.29, 0.717) is 6.42 Å². The third-order valence-corrected chi connectivity index (χ3v) is 5.66. The molecule has 1 amide bonds. The van der Waals surface area contributed by atoms with Crippen LogP contribution in [-0.4, -0.2) is 62.0 Å². The van der Waals surface area contributed by atoms with Crippen molar-refractivity contribution in [1.82, 2.24) is 15.1 Å². The van der Waals surface area contributed by atoms with E-state index in [0.717, 1.165) is 39.3 Å². The third-order valence-electron chi connectivity index (χ3n) is 5.66. The summed E-state index contributed by atoms with van der Waals surface area (Å²) in [4.78, 5) is 17.6. The van der Waals surface area contributed by atoms with Crippen molar-refractivity contribution >= 4 is 5.91 Å². The van der Waals surface area contributed by atoms with Crippen LogP contribution in [0.1, 0.15) is 50.2 Å². The second-order valence-electron chi connectivity index (χ2n) is 7.61. The minimum Gasteiger partial charge on any atom is -0.340 e. The first-order valence-electron chi connectivity index (χ1n) is 11.5. The lowest BCUT2D eigenvalue weighted by atomic mass is 9.88. The van der Waals surface area contributed by atoms with Crippen molar-refractivity contribution in [3.8, 4) is 0 Å². The van der Waals surface area contributed by atoms with Gasteiger partial charge in [0.15, 0.2) is 0 Å². The standard InChI is InChI=1S/C24H33N3O.C2H6/c1-25-14-8-9-15-26-16-18-27(19-17-26)24(28)20-23(21-10-4-2-5-11-21)22-12-6-3-7-13-22;1-2/h2-7,10-13,23,25H,8-9,14-20H2,1H3;1-2H3. The Labute approximate surface area is 183 Å². The van der Waals surface area contributed by atoms with Gasteiger partial charge in [0.2, 0.25) is 5.91 Å². The molecule has 0 aromatic heterocycles. The Morgan fingerprint density at radius 3 is 1.90 bits per heavy atom. The highest BCUT2D eigenvalue weighted by Gasteiger charge is 2.25. The molecule has 1 fully saturated rings. The lowest BCUT2D eigenvalue weighted by molar-refractivity contribution is -0.133. The molecule has 30 heavy (non-hydrogen) atoms. The molecular weight excluding hydrogens is 370 g/mol. The van der Waals surface area contributed by atoms with E-state index in [-0.39, 0.29) is 11.8 Å². The number of carbonyl (C=O) groups excluding carboxylic acids is 1. The van der Waals surface area contributed by atoms with E-state index in [1.165, 1.54) is 24.0 Å². The molecule has 3 rings (SSSR count). The Hall–Kier alpha value is -2.17. The molecule has 0 bridgehead atoms. The average molecular weight is 410 g/mol. The quantitative estimate of drug-likeness (QED) is 0.625. The Bertz CT molecular complexity index is 657. The Balaban J connectivity index is 0.00000155. The monoisotopic (exact) mass is 409 g/mol. The van der Waals surface area contributed by atoms with E-state index in [9.17, 15) is 4.79 Å². The highest BCUT2D eigenvalue weighted by atomic mass is 16.2. The van der Waals surface area contributed by atoms with Gasteiger partial charge in [0.1, 0.15) is 0 Å². The topological polar surface area (TPSA) is 35.6 Å². The largest absolute Gasteiger partial charge is 0.340 e. The molecular formula is C26H39N3O. The van der Waals surface area contributed by atoms with Gasteiger partial charge in [0.25, 0.3) is 0 Å². The molecule has 0 aliphatic carbocycles. The second-order valence-corrected chi connectivity index (χ2v) is 7.61. The van der Waals surface area contributed by atoms with Crippen LogP contribution in [0.25, 0.3) is 0 Å². The second kappa shape index (κ2) is 13.9. The summed E-state index contributed by atoms with van der Waals surface area (Å²) in [6.45, 7) is 9.90. The first-order chi connectivity index (χ1) is 14.8. The van der Waals surface area contributed by atoms with Gasteiger partial charge in [0, 0.05) is 38.5 Å². The van der Waals surface area contributed by atoms with Crippen LogP contribution in [0.5, 0.6) is 0 Å². The Morgan fingerprint density at radius 2 is 1.40 bits per heavy atom. The van der Waals surface area contributed by atoms with Gasteiger partial charge in [-0.3, -0.25) is 9.69 Å². The lowest BCUT2D eigenvalue weighted by Crippen LogP contribution is -2.49. The first-order valence-corrected chi connectivity index (χ1v) is 11.5. The zero-order chi connectivity index (χ0) is 21.6. The van der Waals surface area contributed by atoms with E-state index in [2.05, 4.69) is 63.6 Å². The van der Waals surface area contributed by atoms with E-state index < -0.39 is 0 Å². The molecule has 164 valence electrons. The number of benzene rings is 2. The van der Waals surface area contributed by atoms with E-state index in [1.54, 1.807) is 0 Å². The zero-order valence-electron chi connectivity index (χ0n) is 19.0. The fourth-order valence-corrected chi connectivity index (χ4v) is 3.96. The van der Waals surface area contributed by atoms with Gasteiger partial charge in [-0.1, -0.05) is 74.5 Å². The summed E-state index contributed by atoms with van der Waals surface area (Å²) in [6.07, 6.45) is 2.97. The third kappa shape index (κ3) is 7.58. The number of rotatable bonds is 9. The maximum atomic E-state index is 13.1. The molecule has 0 saturated carbocycles. The number of hydrogen-bond acceptors (Lipinski definition) is 3. The fourth-order valence-electron chi connectivity index (χ4n) is 3.96. The minimum absolute atomic E-state index is 0.120. The highest BCUT2D eigenvalue weighted by Crippen LogP contribution is 2.28. The molecule has 1 N–H and O–H groups in total. The number of unbranched alkanes of at least 4 members (excludes halogenated alkanes) is 1. The van der Waals surface area contributed by atoms with Crippen molar-refractivity contribution in [2.75, 3.05) is 46.3 Å². The molecule has 1 heterocycles. The van der Waals surface area contributed by atoms with Crippen molar-refractivity contribution in [3.63, 3.8) is 0 Å². The van der Waals surface area contributed by atoms with E-state index in [4.69, 9.17) is 0 Å². The predicted molar refractivity (Wildman–Crippen MR) is 127 cm³/mol. The number of hydrogen-bond donors (Lipinski definition) is 1. The van der Waals surface area contributed by atoms with Gasteiger partial charge >= 0.3 is 0 Å². The molecule has 1 aliphatic heterocycles. The number of nitrogens with zero attached hydrogens (tertiary/aromatic N) is 2. The van der Waals surface area contributed by atoms with Crippen molar-refractivity contribution in [2.24, 2.45) is 0 Å². The average Bonchev–Trinajstić information content (AvgIpc) is 2.83. The summed E-state index contributed by atoms with van der Waals surface area (Å²) >= 11 is 0. The zero-order valence-corrected chi connectivity index (χ0v) is 19.0. The van der Waals surface area contributed by atoms with Crippen LogP contribution in [0.2, 0.25) is 0 Å². The highest BCUT2D eigenvalue weighted by molar-refractivity contribution is 5.78. The normalized spacial score (nSPS) is 14.3. The fraction of sp³-hybridized carbons (Fsp3) is 0.500. The molecule has 2 aromatic rings. The summed E-state index contributed by atoms with van der Waals surface area (Å²) in [5.74, 6) is 0.391. The van der Waals surface area contributed by atoms with Gasteiger partial charge < -0.3 is 10.2 Å². The molecule has 1 saturated heterocycles. The van der Waals surface area contributed by atoms with Gasteiger partial charge in [-0.25, -0.2) is 0 Å². The summed E-state index contributed by atoms with van der Waals surface area (Å²) in [5, 5.41) is 3.20. The van der Waals surface area contributed by atoms with Gasteiger partial charge in [-0.05, 0) is 44.1 Å². The van der Waals surface area contributed by atoms with Crippen LogP contribution in [0.15, 0.2) is 60.7 Å². The lowest BCUT2D eigenvalue weighted by Gasteiger charge is -2.35. The summed E-state index contributed by atoms with van der Waals surface area (Å²) < 4.78 is 0. The molecule has 4 heteroatoms. The minimum atomic E-state index is 0.120. The van der Waals surface area contributed by atoms with Crippen LogP contribution in [0.3, 0.4) is 0 Å². The van der Waals surface area contributed by atoms with Crippen LogP contribution in [-0.2, 0) is 4.79 Å². The summed E-state index contributed by atoms with van der Waals surface area (Å²) in [7, 11) is 2.00. The number of piperazine rings is 1. The van der Waals surface area contributed by atoms with Gasteiger partial charge in [-0.15, -0.1) is 0 Å². The van der Waals surface area contributed by atoms with Crippen molar-refractivity contribution in [2.45, 2.75) is 39.0 Å². The number of amides is 1. The molecule has 0 spiro atoms. The SMILES string of the molecule is CC.CNCCCCN1CCN(C(=O)CC(c2ccccc2)c2ccccc2)CC1. The van der Waals surface area contributed by atoms with Crippen molar-refractivity contribution < 1.29 is 4.79 Å². The summed E-state index contributed by atoms with van der Waals surface area (Å²) in [6, 6.07) is 20.8. The molecule has 1 aliphatic rings. The molecule has 0 radical (unpaired) electrons. The van der Waals surface area contributed by atoms with Crippen molar-refractivity contribution in [3.05, 3.63) is 71.8 Å². The van der Waals surface area contributed by atoms with Gasteiger partial charge in [-0.2, -0.15) is 0 Å². The molecule has 0 atom stereocenters. The van der Waals surface area contributed by atoms with Crippen LogP contribution in [0, 0.1) is 0 Å². The molecule has 0 unspecified atom stereocenters. The smallest absolute Gasteiger partial charge is 0.223 e. The molecule has 4 nitrogen and oxygen atoms in total. The Morgan fingerprint density at radius 1 is 0.867 bits per heavy atom. The van der Waals surface area contributed by atoms with E-state index in [1.807, 2.05) is 33.0 Å². The van der Waals surface area contributed by atoms with Crippen LogP contribution >= 0.6 is 0 Å². The van der Waals surface area contributed by atoms with Crippen LogP contribution in [0.4, 0.5) is 0 Å². The maximum absolute atomic E-state index is 13.1. The van der Waals surface area contributed by atoms with Crippen LogP contribution < -0.4 is 5.32 Å². The number of nitrogens with one attached hydrogen (secondary N) is 1. The van der Waals surface area contributed by atoms with Crippen molar-refractivity contribution in [1.29, 1.82) is 0 Å². The summed E-state index contributed by atoms with van der Waals surface area (Å²) in [5.41, 5.74) is 2.43. The first kappa shape index (κ1) is 24.1. The maximum Gasteiger partial charge on any atom is 0.223 e. The Kier molecular flexibility index (Phi) is 11.2. The predicted octanol–water partition coefficient (Wildman–Crippen LogP) is 4.38. The molecule has 2 aromatic carbocycles. The van der Waals surface area contributed by atoms with E-state index >= 15 is 0 Å².